The summed E-state index contributed by atoms with van der Waals surface area (Å²) in [5.74, 6) is 0.0646. The number of amides is 2. The van der Waals surface area contributed by atoms with E-state index in [4.69, 9.17) is 0 Å². The molecular formula is C18H30N4O2S. The molecule has 0 radical (unpaired) electrons. The Morgan fingerprint density at radius 1 is 1.36 bits per heavy atom. The molecule has 140 valence electrons. The maximum atomic E-state index is 12.8. The number of piperidine rings is 1. The molecule has 1 fully saturated rings. The lowest BCUT2D eigenvalue weighted by molar-refractivity contribution is -0.133. The summed E-state index contributed by atoms with van der Waals surface area (Å²) in [5.41, 5.74) is 0.267. The zero-order valence-electron chi connectivity index (χ0n) is 15.7. The van der Waals surface area contributed by atoms with Gasteiger partial charge in [-0.1, -0.05) is 27.7 Å². The van der Waals surface area contributed by atoms with Crippen LogP contribution in [-0.2, 0) is 16.0 Å². The zero-order chi connectivity index (χ0) is 18.4. The van der Waals surface area contributed by atoms with Crippen molar-refractivity contribution in [3.63, 3.8) is 0 Å². The van der Waals surface area contributed by atoms with Gasteiger partial charge in [0.15, 0.2) is 5.13 Å². The lowest BCUT2D eigenvalue weighted by Gasteiger charge is -2.34. The number of anilines is 1. The van der Waals surface area contributed by atoms with Gasteiger partial charge in [-0.3, -0.25) is 9.59 Å². The van der Waals surface area contributed by atoms with Crippen LogP contribution in [0.25, 0.3) is 0 Å². The van der Waals surface area contributed by atoms with Crippen LogP contribution in [0.3, 0.4) is 0 Å². The average Bonchev–Trinajstić information content (AvgIpc) is 2.99. The molecule has 0 aromatic carbocycles. The molecule has 0 bridgehead atoms. The molecule has 1 aliphatic rings. The Morgan fingerprint density at radius 3 is 2.64 bits per heavy atom. The first-order valence-corrected chi connectivity index (χ1v) is 9.95. The molecule has 0 atom stereocenters. The molecule has 2 rings (SSSR count). The van der Waals surface area contributed by atoms with Crippen molar-refractivity contribution in [3.05, 3.63) is 11.1 Å². The van der Waals surface area contributed by atoms with Gasteiger partial charge in [0.1, 0.15) is 0 Å². The SMILES string of the molecule is CCCN(C(=O)Cc1csc(NC(=O)C(C)(C)C)n1)C1CCNCC1. The van der Waals surface area contributed by atoms with Crippen LogP contribution in [0.2, 0.25) is 0 Å². The predicted molar refractivity (Wildman–Crippen MR) is 102 cm³/mol. The van der Waals surface area contributed by atoms with E-state index in [9.17, 15) is 9.59 Å². The highest BCUT2D eigenvalue weighted by molar-refractivity contribution is 7.13. The lowest BCUT2D eigenvalue weighted by atomic mass is 9.96. The number of rotatable bonds is 6. The van der Waals surface area contributed by atoms with Crippen LogP contribution in [0.5, 0.6) is 0 Å². The molecule has 25 heavy (non-hydrogen) atoms. The summed E-state index contributed by atoms with van der Waals surface area (Å²) in [6.45, 7) is 10.4. The van der Waals surface area contributed by atoms with Crippen LogP contribution in [0, 0.1) is 5.41 Å². The molecule has 0 saturated carbocycles. The number of hydrogen-bond donors (Lipinski definition) is 2. The largest absolute Gasteiger partial charge is 0.339 e. The van der Waals surface area contributed by atoms with Crippen LogP contribution in [-0.4, -0.2) is 47.4 Å². The summed E-state index contributed by atoms with van der Waals surface area (Å²) >= 11 is 1.37. The van der Waals surface area contributed by atoms with Crippen LogP contribution in [0.4, 0.5) is 5.13 Å². The second kappa shape index (κ2) is 8.76. The zero-order valence-corrected chi connectivity index (χ0v) is 16.5. The number of hydrogen-bond acceptors (Lipinski definition) is 5. The van der Waals surface area contributed by atoms with Gasteiger partial charge in [-0.25, -0.2) is 4.98 Å². The van der Waals surface area contributed by atoms with E-state index < -0.39 is 5.41 Å². The van der Waals surface area contributed by atoms with E-state index in [1.807, 2.05) is 31.1 Å². The Kier molecular flexibility index (Phi) is 6.95. The number of carbonyl (C=O) groups excluding carboxylic acids is 2. The van der Waals surface area contributed by atoms with E-state index in [2.05, 4.69) is 22.5 Å². The molecule has 0 aliphatic carbocycles. The monoisotopic (exact) mass is 366 g/mol. The quantitative estimate of drug-likeness (QED) is 0.812. The minimum Gasteiger partial charge on any atom is -0.339 e. The first-order valence-electron chi connectivity index (χ1n) is 9.07. The van der Waals surface area contributed by atoms with Gasteiger partial charge in [0.25, 0.3) is 0 Å². The van der Waals surface area contributed by atoms with Gasteiger partial charge < -0.3 is 15.5 Å². The van der Waals surface area contributed by atoms with Gasteiger partial charge in [-0.05, 0) is 32.4 Å². The number of aromatic nitrogens is 1. The number of carbonyl (C=O) groups is 2. The highest BCUT2D eigenvalue weighted by atomic mass is 32.1. The van der Waals surface area contributed by atoms with Gasteiger partial charge in [0.2, 0.25) is 11.8 Å². The first kappa shape index (κ1) is 19.8. The van der Waals surface area contributed by atoms with Gasteiger partial charge in [0, 0.05) is 23.4 Å². The van der Waals surface area contributed by atoms with Crippen LogP contribution >= 0.6 is 11.3 Å². The Labute approximate surface area is 154 Å². The maximum Gasteiger partial charge on any atom is 0.231 e. The molecule has 7 heteroatoms. The fraction of sp³-hybridized carbons (Fsp3) is 0.722. The van der Waals surface area contributed by atoms with Crippen molar-refractivity contribution in [2.75, 3.05) is 25.0 Å². The van der Waals surface area contributed by atoms with Crippen molar-refractivity contribution in [2.45, 2.75) is 59.4 Å². The van der Waals surface area contributed by atoms with Crippen molar-refractivity contribution >= 4 is 28.3 Å². The molecule has 2 N–H and O–H groups in total. The smallest absolute Gasteiger partial charge is 0.231 e. The first-order chi connectivity index (χ1) is 11.8. The number of nitrogens with one attached hydrogen (secondary N) is 2. The summed E-state index contributed by atoms with van der Waals surface area (Å²) < 4.78 is 0. The molecule has 2 heterocycles. The molecule has 1 aromatic rings. The summed E-state index contributed by atoms with van der Waals surface area (Å²) in [6, 6.07) is 0.326. The van der Waals surface area contributed by atoms with E-state index in [1.54, 1.807) is 0 Å². The Hall–Kier alpha value is -1.47. The fourth-order valence-corrected chi connectivity index (χ4v) is 3.56. The molecule has 1 aliphatic heterocycles. The molecule has 0 spiro atoms. The minimum absolute atomic E-state index is 0.0676. The maximum absolute atomic E-state index is 12.8. The highest BCUT2D eigenvalue weighted by Gasteiger charge is 2.26. The van der Waals surface area contributed by atoms with Crippen LogP contribution < -0.4 is 10.6 Å². The Morgan fingerprint density at radius 2 is 2.04 bits per heavy atom. The van der Waals surface area contributed by atoms with E-state index in [0.717, 1.165) is 44.6 Å². The highest BCUT2D eigenvalue weighted by Crippen LogP contribution is 2.21. The molecule has 1 aromatic heterocycles. The van der Waals surface area contributed by atoms with Gasteiger partial charge in [-0.2, -0.15) is 0 Å². The van der Waals surface area contributed by atoms with Crippen molar-refractivity contribution in [3.8, 4) is 0 Å². The van der Waals surface area contributed by atoms with Crippen molar-refractivity contribution in [2.24, 2.45) is 5.41 Å². The molecular weight excluding hydrogens is 336 g/mol. The number of thiazole rings is 1. The second-order valence-electron chi connectivity index (χ2n) is 7.59. The van der Waals surface area contributed by atoms with E-state index in [1.165, 1.54) is 11.3 Å². The second-order valence-corrected chi connectivity index (χ2v) is 8.45. The summed E-state index contributed by atoms with van der Waals surface area (Å²) in [5, 5.41) is 8.60. The standard InChI is InChI=1S/C18H30N4O2S/c1-5-10-22(14-6-8-19-9-7-14)15(23)11-13-12-25-17(20-13)21-16(24)18(2,3)4/h12,14,19H,5-11H2,1-4H3,(H,20,21,24). The van der Waals surface area contributed by atoms with Gasteiger partial charge in [-0.15, -0.1) is 11.3 Å². The molecule has 6 nitrogen and oxygen atoms in total. The minimum atomic E-state index is -0.464. The van der Waals surface area contributed by atoms with E-state index >= 15 is 0 Å². The fourth-order valence-electron chi connectivity index (χ4n) is 2.86. The van der Waals surface area contributed by atoms with Crippen molar-refractivity contribution in [1.82, 2.24) is 15.2 Å². The Bertz CT molecular complexity index is 588. The third-order valence-electron chi connectivity index (χ3n) is 4.32. The molecule has 1 saturated heterocycles. The number of nitrogens with zero attached hydrogens (tertiary/aromatic N) is 2. The Balaban J connectivity index is 1.97. The topological polar surface area (TPSA) is 74.3 Å². The summed E-state index contributed by atoms with van der Waals surface area (Å²) in [6.07, 6.45) is 3.27. The molecule has 2 amide bonds. The van der Waals surface area contributed by atoms with Crippen molar-refractivity contribution < 1.29 is 9.59 Å². The van der Waals surface area contributed by atoms with E-state index in [0.29, 0.717) is 17.6 Å². The van der Waals surface area contributed by atoms with Gasteiger partial charge in [0.05, 0.1) is 12.1 Å². The average molecular weight is 367 g/mol. The summed E-state index contributed by atoms with van der Waals surface area (Å²) in [7, 11) is 0. The summed E-state index contributed by atoms with van der Waals surface area (Å²) in [4.78, 5) is 31.3. The molecule has 0 unspecified atom stereocenters. The van der Waals surface area contributed by atoms with Crippen molar-refractivity contribution in [1.29, 1.82) is 0 Å². The van der Waals surface area contributed by atoms with E-state index in [-0.39, 0.29) is 11.8 Å². The third kappa shape index (κ3) is 5.78. The lowest BCUT2D eigenvalue weighted by Crippen LogP contribution is -2.47. The van der Waals surface area contributed by atoms with Gasteiger partial charge >= 0.3 is 0 Å². The predicted octanol–water partition coefficient (Wildman–Crippen LogP) is 2.66. The van der Waals surface area contributed by atoms with Crippen LogP contribution in [0.15, 0.2) is 5.38 Å². The third-order valence-corrected chi connectivity index (χ3v) is 5.13. The van der Waals surface area contributed by atoms with Crippen LogP contribution in [0.1, 0.15) is 52.7 Å². The normalized spacial score (nSPS) is 15.8.